The Bertz CT molecular complexity index is 471. The molecule has 0 spiro atoms. The summed E-state index contributed by atoms with van der Waals surface area (Å²) >= 11 is 0. The first-order chi connectivity index (χ1) is 9.63. The molecule has 2 aliphatic heterocycles. The lowest BCUT2D eigenvalue weighted by Gasteiger charge is -2.25. The molecule has 2 aliphatic rings. The number of benzene rings is 1. The van der Waals surface area contributed by atoms with Crippen LogP contribution in [-0.4, -0.2) is 37.1 Å². The second kappa shape index (κ2) is 5.65. The largest absolute Gasteiger partial charge is 0.399 e. The van der Waals surface area contributed by atoms with Crippen LogP contribution < -0.4 is 10.6 Å². The Hall–Kier alpha value is -1.22. The van der Waals surface area contributed by atoms with Crippen molar-refractivity contribution in [1.29, 1.82) is 0 Å². The van der Waals surface area contributed by atoms with Crippen LogP contribution in [0.15, 0.2) is 18.2 Å². The third-order valence-corrected chi connectivity index (χ3v) is 5.09. The summed E-state index contributed by atoms with van der Waals surface area (Å²) in [5.41, 5.74) is 9.35. The second-order valence-corrected chi connectivity index (χ2v) is 6.63. The summed E-state index contributed by atoms with van der Waals surface area (Å²) in [7, 11) is 0. The van der Waals surface area contributed by atoms with Crippen LogP contribution in [0.5, 0.6) is 0 Å². The van der Waals surface area contributed by atoms with Gasteiger partial charge in [-0.15, -0.1) is 0 Å². The molecule has 3 heteroatoms. The number of nitrogens with zero attached hydrogens (tertiary/aromatic N) is 2. The van der Waals surface area contributed by atoms with Gasteiger partial charge in [0.15, 0.2) is 0 Å². The molecule has 2 N–H and O–H groups in total. The lowest BCUT2D eigenvalue weighted by Crippen LogP contribution is -2.33. The van der Waals surface area contributed by atoms with Gasteiger partial charge in [0.1, 0.15) is 0 Å². The van der Waals surface area contributed by atoms with E-state index in [0.717, 1.165) is 17.6 Å². The maximum atomic E-state index is 5.91. The zero-order valence-electron chi connectivity index (χ0n) is 12.8. The number of nitrogen functional groups attached to an aromatic ring is 1. The summed E-state index contributed by atoms with van der Waals surface area (Å²) in [6, 6.07) is 7.24. The highest BCUT2D eigenvalue weighted by Gasteiger charge is 2.28. The Kier molecular flexibility index (Phi) is 3.88. The zero-order valence-corrected chi connectivity index (χ0v) is 12.8. The summed E-state index contributed by atoms with van der Waals surface area (Å²) in [5, 5.41) is 0. The minimum atomic E-state index is 0.794. The molecule has 2 saturated heterocycles. The van der Waals surface area contributed by atoms with Gasteiger partial charge in [-0.2, -0.15) is 0 Å². The number of rotatable bonds is 3. The Labute approximate surface area is 122 Å². The van der Waals surface area contributed by atoms with Crippen molar-refractivity contribution in [2.24, 2.45) is 5.92 Å². The molecule has 1 aromatic carbocycles. The molecule has 2 unspecified atom stereocenters. The molecule has 0 bridgehead atoms. The van der Waals surface area contributed by atoms with Gasteiger partial charge in [-0.05, 0) is 69.3 Å². The SMILES string of the molecule is Cc1cc(N2CCC(CN3CCCC3C)C2)ccc1N. The van der Waals surface area contributed by atoms with Crippen LogP contribution in [0.25, 0.3) is 0 Å². The third kappa shape index (κ3) is 2.78. The van der Waals surface area contributed by atoms with Gasteiger partial charge in [0, 0.05) is 37.1 Å². The highest BCUT2D eigenvalue weighted by Crippen LogP contribution is 2.28. The molecule has 3 rings (SSSR count). The molecule has 2 heterocycles. The molecule has 20 heavy (non-hydrogen) atoms. The average Bonchev–Trinajstić information content (AvgIpc) is 3.04. The second-order valence-electron chi connectivity index (χ2n) is 6.63. The Morgan fingerprint density at radius 3 is 2.80 bits per heavy atom. The number of aryl methyl sites for hydroxylation is 1. The van der Waals surface area contributed by atoms with E-state index < -0.39 is 0 Å². The Morgan fingerprint density at radius 1 is 1.25 bits per heavy atom. The molecule has 2 atom stereocenters. The summed E-state index contributed by atoms with van der Waals surface area (Å²) in [6.07, 6.45) is 4.09. The molecule has 2 fully saturated rings. The summed E-state index contributed by atoms with van der Waals surface area (Å²) in [6.45, 7) is 9.45. The van der Waals surface area contributed by atoms with E-state index in [4.69, 9.17) is 5.73 Å². The fourth-order valence-corrected chi connectivity index (χ4v) is 3.67. The summed E-state index contributed by atoms with van der Waals surface area (Å²) in [5.74, 6) is 0.827. The van der Waals surface area contributed by atoms with Crippen molar-refractivity contribution in [2.75, 3.05) is 36.8 Å². The minimum absolute atomic E-state index is 0.794. The summed E-state index contributed by atoms with van der Waals surface area (Å²) < 4.78 is 0. The number of likely N-dealkylation sites (tertiary alicyclic amines) is 1. The smallest absolute Gasteiger partial charge is 0.0370 e. The molecule has 0 saturated carbocycles. The highest BCUT2D eigenvalue weighted by molar-refractivity contribution is 5.58. The van der Waals surface area contributed by atoms with Crippen molar-refractivity contribution >= 4 is 11.4 Å². The molecule has 0 radical (unpaired) electrons. The fraction of sp³-hybridized carbons (Fsp3) is 0.647. The van der Waals surface area contributed by atoms with Gasteiger partial charge in [-0.25, -0.2) is 0 Å². The monoisotopic (exact) mass is 273 g/mol. The topological polar surface area (TPSA) is 32.5 Å². The molecule has 1 aromatic rings. The van der Waals surface area contributed by atoms with Crippen molar-refractivity contribution in [3.63, 3.8) is 0 Å². The lowest BCUT2D eigenvalue weighted by atomic mass is 10.1. The maximum absolute atomic E-state index is 5.91. The standard InChI is InChI=1S/C17H27N3/c1-13-10-16(5-6-17(13)18)20-9-7-15(12-20)11-19-8-3-4-14(19)2/h5-6,10,14-15H,3-4,7-9,11-12,18H2,1-2H3. The van der Waals surface area contributed by atoms with Crippen molar-refractivity contribution < 1.29 is 0 Å². The van der Waals surface area contributed by atoms with E-state index in [0.29, 0.717) is 0 Å². The van der Waals surface area contributed by atoms with Crippen LogP contribution in [0.2, 0.25) is 0 Å². The first-order valence-corrected chi connectivity index (χ1v) is 7.98. The van der Waals surface area contributed by atoms with Crippen molar-refractivity contribution in [1.82, 2.24) is 4.90 Å². The summed E-state index contributed by atoms with van der Waals surface area (Å²) in [4.78, 5) is 5.21. The highest BCUT2D eigenvalue weighted by atomic mass is 15.2. The third-order valence-electron chi connectivity index (χ3n) is 5.09. The minimum Gasteiger partial charge on any atom is -0.399 e. The zero-order chi connectivity index (χ0) is 14.1. The number of hydrogen-bond donors (Lipinski definition) is 1. The van der Waals surface area contributed by atoms with Gasteiger partial charge in [0.25, 0.3) is 0 Å². The van der Waals surface area contributed by atoms with Crippen LogP contribution in [0.1, 0.15) is 31.7 Å². The van der Waals surface area contributed by atoms with Crippen molar-refractivity contribution in [2.45, 2.75) is 39.2 Å². The molecule has 0 aromatic heterocycles. The van der Waals surface area contributed by atoms with Crippen molar-refractivity contribution in [3.8, 4) is 0 Å². The molecular formula is C17H27N3. The van der Waals surface area contributed by atoms with Crippen molar-refractivity contribution in [3.05, 3.63) is 23.8 Å². The van der Waals surface area contributed by atoms with Crippen LogP contribution in [-0.2, 0) is 0 Å². The van der Waals surface area contributed by atoms with E-state index in [-0.39, 0.29) is 0 Å². The van der Waals surface area contributed by atoms with Crippen LogP contribution in [0.4, 0.5) is 11.4 Å². The van der Waals surface area contributed by atoms with Gasteiger partial charge in [0.2, 0.25) is 0 Å². The maximum Gasteiger partial charge on any atom is 0.0370 e. The van der Waals surface area contributed by atoms with Gasteiger partial charge in [-0.1, -0.05) is 0 Å². The van der Waals surface area contributed by atoms with E-state index in [1.165, 1.54) is 56.7 Å². The number of anilines is 2. The Balaban J connectivity index is 1.60. The van der Waals surface area contributed by atoms with Crippen LogP contribution >= 0.6 is 0 Å². The van der Waals surface area contributed by atoms with E-state index in [1.54, 1.807) is 0 Å². The number of nitrogens with two attached hydrogens (primary N) is 1. The van der Waals surface area contributed by atoms with Crippen LogP contribution in [0, 0.1) is 12.8 Å². The first kappa shape index (κ1) is 13.7. The Morgan fingerprint density at radius 2 is 2.10 bits per heavy atom. The van der Waals surface area contributed by atoms with E-state index >= 15 is 0 Å². The van der Waals surface area contributed by atoms with Crippen LogP contribution in [0.3, 0.4) is 0 Å². The lowest BCUT2D eigenvalue weighted by molar-refractivity contribution is 0.233. The van der Waals surface area contributed by atoms with E-state index in [9.17, 15) is 0 Å². The number of hydrogen-bond acceptors (Lipinski definition) is 3. The molecular weight excluding hydrogens is 246 g/mol. The van der Waals surface area contributed by atoms with E-state index in [1.807, 2.05) is 6.07 Å². The van der Waals surface area contributed by atoms with Gasteiger partial charge >= 0.3 is 0 Å². The van der Waals surface area contributed by atoms with Gasteiger partial charge < -0.3 is 15.5 Å². The predicted octanol–water partition coefficient (Wildman–Crippen LogP) is 2.89. The molecule has 3 nitrogen and oxygen atoms in total. The van der Waals surface area contributed by atoms with Gasteiger partial charge in [0.05, 0.1) is 0 Å². The van der Waals surface area contributed by atoms with Gasteiger partial charge in [-0.3, -0.25) is 0 Å². The quantitative estimate of drug-likeness (QED) is 0.860. The molecule has 0 aliphatic carbocycles. The first-order valence-electron chi connectivity index (χ1n) is 7.98. The predicted molar refractivity (Wildman–Crippen MR) is 86.2 cm³/mol. The molecule has 110 valence electrons. The normalized spacial score (nSPS) is 27.4. The fourth-order valence-electron chi connectivity index (χ4n) is 3.67. The molecule has 0 amide bonds. The average molecular weight is 273 g/mol. The van der Waals surface area contributed by atoms with E-state index in [2.05, 4.69) is 35.8 Å².